The second-order valence-electron chi connectivity index (χ2n) is 3.37. The molecule has 0 bridgehead atoms. The van der Waals surface area contributed by atoms with Crippen LogP contribution in [0.4, 0.5) is 0 Å². The molecule has 0 radical (unpaired) electrons. The van der Waals surface area contributed by atoms with Gasteiger partial charge in [0.1, 0.15) is 15.9 Å². The van der Waals surface area contributed by atoms with Crippen LogP contribution in [-0.2, 0) is 24.7 Å². The summed E-state index contributed by atoms with van der Waals surface area (Å²) in [5, 5.41) is 8.66. The molecule has 0 amide bonds. The van der Waals surface area contributed by atoms with E-state index in [0.717, 1.165) is 6.26 Å². The Morgan fingerprint density at radius 2 is 1.88 bits per heavy atom. The molecular formula is C8H13NO6S2. The summed E-state index contributed by atoms with van der Waals surface area (Å²) in [6, 6.07) is -1.44. The minimum absolute atomic E-state index is 0.312. The average Bonchev–Trinajstić information content (AvgIpc) is 2.13. The molecule has 0 saturated heterocycles. The van der Waals surface area contributed by atoms with E-state index in [2.05, 4.69) is 0 Å². The van der Waals surface area contributed by atoms with E-state index in [1.54, 1.807) is 0 Å². The number of hydrogen-bond donors (Lipinski definition) is 2. The van der Waals surface area contributed by atoms with Crippen molar-refractivity contribution < 1.29 is 26.7 Å². The van der Waals surface area contributed by atoms with Crippen molar-refractivity contribution in [1.29, 1.82) is 0 Å². The van der Waals surface area contributed by atoms with E-state index in [1.165, 1.54) is 0 Å². The van der Waals surface area contributed by atoms with Crippen LogP contribution in [0.3, 0.4) is 0 Å². The summed E-state index contributed by atoms with van der Waals surface area (Å²) in [5.41, 5.74) is 0. The Morgan fingerprint density at radius 1 is 1.35 bits per heavy atom. The Labute approximate surface area is 100 Å². The van der Waals surface area contributed by atoms with Gasteiger partial charge in [0.25, 0.3) is 0 Å². The number of terminal acetylenes is 1. The third-order valence-electron chi connectivity index (χ3n) is 1.66. The first-order chi connectivity index (χ1) is 7.57. The van der Waals surface area contributed by atoms with Crippen LogP contribution < -0.4 is 4.72 Å². The molecule has 0 aromatic heterocycles. The number of carboxylic acids is 1. The molecule has 0 aromatic carbocycles. The number of carboxylic acid groups (broad SMARTS) is 1. The van der Waals surface area contributed by atoms with E-state index < -0.39 is 43.4 Å². The first kappa shape index (κ1) is 15.9. The maximum atomic E-state index is 11.4. The quantitative estimate of drug-likeness (QED) is 0.545. The number of sulfone groups is 1. The average molecular weight is 283 g/mol. The number of hydrogen-bond acceptors (Lipinski definition) is 5. The van der Waals surface area contributed by atoms with Crippen molar-refractivity contribution in [2.24, 2.45) is 0 Å². The van der Waals surface area contributed by atoms with E-state index >= 15 is 0 Å². The van der Waals surface area contributed by atoms with E-state index in [4.69, 9.17) is 11.5 Å². The summed E-state index contributed by atoms with van der Waals surface area (Å²) >= 11 is 0. The molecule has 0 fully saturated rings. The van der Waals surface area contributed by atoms with Gasteiger partial charge < -0.3 is 5.11 Å². The molecule has 98 valence electrons. The zero-order valence-electron chi connectivity index (χ0n) is 9.08. The zero-order chi connectivity index (χ0) is 13.7. The van der Waals surface area contributed by atoms with E-state index in [0.29, 0.717) is 0 Å². The SMILES string of the molecule is C#CCC(NS(=O)(=O)CCS(C)(=O)=O)C(=O)O. The van der Waals surface area contributed by atoms with Gasteiger partial charge in [-0.3, -0.25) is 4.79 Å². The Morgan fingerprint density at radius 3 is 2.24 bits per heavy atom. The first-order valence-electron chi connectivity index (χ1n) is 4.41. The fourth-order valence-electron chi connectivity index (χ4n) is 0.834. The van der Waals surface area contributed by atoms with E-state index in [9.17, 15) is 21.6 Å². The Hall–Kier alpha value is -1.11. The number of aliphatic carboxylic acids is 1. The van der Waals surface area contributed by atoms with Gasteiger partial charge in [-0.25, -0.2) is 16.8 Å². The topological polar surface area (TPSA) is 118 Å². The van der Waals surface area contributed by atoms with Gasteiger partial charge in [0, 0.05) is 12.7 Å². The Balaban J connectivity index is 4.64. The first-order valence-corrected chi connectivity index (χ1v) is 8.12. The third kappa shape index (κ3) is 7.73. The molecule has 0 aliphatic carbocycles. The molecule has 17 heavy (non-hydrogen) atoms. The molecule has 0 aromatic rings. The maximum Gasteiger partial charge on any atom is 0.322 e. The number of nitrogens with one attached hydrogen (secondary N) is 1. The number of carbonyl (C=O) groups is 1. The summed E-state index contributed by atoms with van der Waals surface area (Å²) in [6.07, 6.45) is 5.46. The summed E-state index contributed by atoms with van der Waals surface area (Å²) in [6.45, 7) is 0. The van der Waals surface area contributed by atoms with E-state index in [-0.39, 0.29) is 6.42 Å². The molecule has 0 aliphatic rings. The minimum atomic E-state index is -3.99. The third-order valence-corrected chi connectivity index (χ3v) is 4.25. The Bertz CT molecular complexity index is 513. The van der Waals surface area contributed by atoms with Gasteiger partial charge in [0.15, 0.2) is 0 Å². The molecule has 1 atom stereocenters. The lowest BCUT2D eigenvalue weighted by atomic mass is 10.2. The molecule has 0 aliphatic heterocycles. The molecular weight excluding hydrogens is 270 g/mol. The molecule has 2 N–H and O–H groups in total. The van der Waals surface area contributed by atoms with Gasteiger partial charge in [0.2, 0.25) is 10.0 Å². The van der Waals surface area contributed by atoms with Crippen LogP contribution in [0.2, 0.25) is 0 Å². The molecule has 0 rings (SSSR count). The van der Waals surface area contributed by atoms with E-state index in [1.807, 2.05) is 10.6 Å². The minimum Gasteiger partial charge on any atom is -0.480 e. The molecule has 0 saturated carbocycles. The van der Waals surface area contributed by atoms with Gasteiger partial charge in [-0.2, -0.15) is 4.72 Å². The summed E-state index contributed by atoms with van der Waals surface area (Å²) in [7, 11) is -7.42. The van der Waals surface area contributed by atoms with Crippen LogP contribution in [0.15, 0.2) is 0 Å². The maximum absolute atomic E-state index is 11.4. The van der Waals surface area contributed by atoms with Crippen LogP contribution in [0, 0.1) is 12.3 Å². The van der Waals surface area contributed by atoms with Gasteiger partial charge in [-0.15, -0.1) is 12.3 Å². The zero-order valence-corrected chi connectivity index (χ0v) is 10.7. The van der Waals surface area contributed by atoms with Crippen molar-refractivity contribution in [3.63, 3.8) is 0 Å². The van der Waals surface area contributed by atoms with Crippen molar-refractivity contribution in [3.05, 3.63) is 0 Å². The van der Waals surface area contributed by atoms with Crippen molar-refractivity contribution in [2.45, 2.75) is 12.5 Å². The van der Waals surface area contributed by atoms with Crippen molar-refractivity contribution in [1.82, 2.24) is 4.72 Å². The van der Waals surface area contributed by atoms with Crippen molar-refractivity contribution >= 4 is 25.8 Å². The predicted octanol–water partition coefficient (Wildman–Crippen LogP) is -1.57. The van der Waals surface area contributed by atoms with Crippen LogP contribution in [0.5, 0.6) is 0 Å². The molecule has 7 nitrogen and oxygen atoms in total. The summed E-state index contributed by atoms with van der Waals surface area (Å²) in [5.74, 6) is -0.666. The number of sulfonamides is 1. The smallest absolute Gasteiger partial charge is 0.322 e. The fraction of sp³-hybridized carbons (Fsp3) is 0.625. The predicted molar refractivity (Wildman–Crippen MR) is 61.5 cm³/mol. The largest absolute Gasteiger partial charge is 0.480 e. The van der Waals surface area contributed by atoms with Crippen LogP contribution in [0.1, 0.15) is 6.42 Å². The van der Waals surface area contributed by atoms with Gasteiger partial charge >= 0.3 is 5.97 Å². The highest BCUT2D eigenvalue weighted by Gasteiger charge is 2.23. The highest BCUT2D eigenvalue weighted by molar-refractivity contribution is 7.93. The van der Waals surface area contributed by atoms with Gasteiger partial charge in [-0.1, -0.05) is 0 Å². The van der Waals surface area contributed by atoms with Crippen molar-refractivity contribution in [3.8, 4) is 12.3 Å². The summed E-state index contributed by atoms with van der Waals surface area (Å²) in [4.78, 5) is 10.6. The lowest BCUT2D eigenvalue weighted by Gasteiger charge is -2.11. The molecule has 0 heterocycles. The second kappa shape index (κ2) is 6.00. The van der Waals surface area contributed by atoms with Crippen LogP contribution in [-0.4, -0.2) is 51.7 Å². The monoisotopic (exact) mass is 283 g/mol. The molecule has 0 spiro atoms. The Kier molecular flexibility index (Phi) is 5.60. The lowest BCUT2D eigenvalue weighted by molar-refractivity contribution is -0.138. The fourth-order valence-corrected chi connectivity index (χ4v) is 3.66. The molecule has 1 unspecified atom stereocenters. The molecule has 9 heteroatoms. The second-order valence-corrected chi connectivity index (χ2v) is 7.50. The standard InChI is InChI=1S/C8H13NO6S2/c1-3-4-7(8(10)11)9-17(14,15)6-5-16(2,12)13/h1,7,9H,4-6H2,2H3,(H,10,11). The lowest BCUT2D eigenvalue weighted by Crippen LogP contribution is -2.42. The van der Waals surface area contributed by atoms with Crippen molar-refractivity contribution in [2.75, 3.05) is 17.8 Å². The van der Waals surface area contributed by atoms with Gasteiger partial charge in [0.05, 0.1) is 11.5 Å². The highest BCUT2D eigenvalue weighted by atomic mass is 32.2. The normalized spacial score (nSPS) is 13.9. The van der Waals surface area contributed by atoms with Crippen LogP contribution in [0.25, 0.3) is 0 Å². The van der Waals surface area contributed by atoms with Crippen LogP contribution >= 0.6 is 0 Å². The highest BCUT2D eigenvalue weighted by Crippen LogP contribution is 1.97. The summed E-state index contributed by atoms with van der Waals surface area (Å²) < 4.78 is 46.1. The van der Waals surface area contributed by atoms with Gasteiger partial charge in [-0.05, 0) is 0 Å². The number of rotatable bonds is 7.